The van der Waals surface area contributed by atoms with Crippen LogP contribution < -0.4 is 5.63 Å². The van der Waals surface area contributed by atoms with Crippen LogP contribution in [0.3, 0.4) is 0 Å². The van der Waals surface area contributed by atoms with E-state index in [9.17, 15) is 29.4 Å². The van der Waals surface area contributed by atoms with Crippen LogP contribution in [0.25, 0.3) is 11.0 Å². The van der Waals surface area contributed by atoms with Gasteiger partial charge in [0, 0.05) is 10.9 Å². The summed E-state index contributed by atoms with van der Waals surface area (Å²) in [5, 5.41) is 28.4. The zero-order valence-corrected chi connectivity index (χ0v) is 12.6. The Bertz CT molecular complexity index is 1000. The van der Waals surface area contributed by atoms with Crippen LogP contribution in [-0.4, -0.2) is 40.3 Å². The van der Waals surface area contributed by atoms with Crippen LogP contribution in [0.4, 0.5) is 0 Å². The normalized spacial score (nSPS) is 15.7. The maximum atomic E-state index is 12.2. The van der Waals surface area contributed by atoms with E-state index in [4.69, 9.17) is 14.3 Å². The van der Waals surface area contributed by atoms with E-state index in [1.165, 1.54) is 0 Å². The second kappa shape index (κ2) is 5.51. The van der Waals surface area contributed by atoms with Crippen LogP contribution in [0.1, 0.15) is 27.6 Å². The molecular weight excluding hydrogens is 340 g/mol. The number of carboxylic acid groups (broad SMARTS) is 1. The number of hydrogen-bond donors (Lipinski definition) is 3. The first-order valence-corrected chi connectivity index (χ1v) is 6.81. The lowest BCUT2D eigenvalue weighted by Crippen LogP contribution is -2.30. The molecule has 10 heteroatoms. The van der Waals surface area contributed by atoms with Crippen molar-refractivity contribution >= 4 is 28.9 Å². The van der Waals surface area contributed by atoms with Gasteiger partial charge in [0.25, 0.3) is 0 Å². The van der Waals surface area contributed by atoms with Gasteiger partial charge in [0.1, 0.15) is 0 Å². The van der Waals surface area contributed by atoms with Crippen molar-refractivity contribution in [1.82, 2.24) is 0 Å². The summed E-state index contributed by atoms with van der Waals surface area (Å²) in [6.45, 7) is 0. The third kappa shape index (κ3) is 2.35. The Morgan fingerprint density at radius 3 is 2.56 bits per heavy atom. The van der Waals surface area contributed by atoms with E-state index in [1.807, 2.05) is 0 Å². The summed E-state index contributed by atoms with van der Waals surface area (Å²) in [5.41, 5.74) is -2.71. The van der Waals surface area contributed by atoms with Gasteiger partial charge in [-0.1, -0.05) is 0 Å². The number of cyclic esters (lactones) is 1. The third-order valence-corrected chi connectivity index (χ3v) is 3.72. The number of carbonyl (C=O) groups is 3. The Morgan fingerprint density at radius 1 is 1.28 bits per heavy atom. The minimum absolute atomic E-state index is 0.196. The molecule has 0 radical (unpaired) electrons. The first-order valence-electron chi connectivity index (χ1n) is 6.81. The molecule has 0 unspecified atom stereocenters. The van der Waals surface area contributed by atoms with Gasteiger partial charge in [-0.3, -0.25) is 4.79 Å². The number of esters is 2. The number of rotatable bonds is 3. The van der Waals surface area contributed by atoms with Gasteiger partial charge >= 0.3 is 23.5 Å². The van der Waals surface area contributed by atoms with E-state index < -0.39 is 58.7 Å². The molecule has 2 aromatic rings. The predicted octanol–water partition coefficient (Wildman–Crippen LogP) is 0.216. The van der Waals surface area contributed by atoms with Crippen molar-refractivity contribution in [3.8, 4) is 11.5 Å². The highest BCUT2D eigenvalue weighted by Gasteiger charge is 2.40. The zero-order chi connectivity index (χ0) is 18.5. The topological polar surface area (TPSA) is 161 Å². The molecule has 1 aliphatic heterocycles. The van der Waals surface area contributed by atoms with Crippen LogP contribution in [0.2, 0.25) is 0 Å². The average Bonchev–Trinajstić information content (AvgIpc) is 2.55. The first-order chi connectivity index (χ1) is 11.8. The molecule has 0 spiro atoms. The summed E-state index contributed by atoms with van der Waals surface area (Å²) < 4.78 is 14.4. The number of phenolic OH excluding ortho intramolecular Hbond substituents is 2. The van der Waals surface area contributed by atoms with Crippen molar-refractivity contribution in [3.05, 3.63) is 33.2 Å². The molecule has 3 N–H and O–H groups in total. The molecule has 1 aliphatic rings. The molecule has 0 fully saturated rings. The Kier molecular flexibility index (Phi) is 3.59. The van der Waals surface area contributed by atoms with E-state index in [2.05, 4.69) is 4.74 Å². The Balaban J connectivity index is 2.52. The number of phenols is 2. The Hall–Kier alpha value is -3.56. The fourth-order valence-electron chi connectivity index (χ4n) is 2.69. The van der Waals surface area contributed by atoms with Crippen LogP contribution in [0, 0.1) is 0 Å². The quantitative estimate of drug-likeness (QED) is 0.396. The molecule has 0 saturated heterocycles. The van der Waals surface area contributed by atoms with Crippen LogP contribution in [0.15, 0.2) is 15.3 Å². The van der Waals surface area contributed by atoms with E-state index >= 15 is 0 Å². The third-order valence-electron chi connectivity index (χ3n) is 3.72. The van der Waals surface area contributed by atoms with Gasteiger partial charge in [-0.15, -0.1) is 0 Å². The summed E-state index contributed by atoms with van der Waals surface area (Å²) in [4.78, 5) is 47.3. The lowest BCUT2D eigenvalue weighted by atomic mass is 9.91. The highest BCUT2D eigenvalue weighted by atomic mass is 16.6. The van der Waals surface area contributed by atoms with Crippen LogP contribution in [-0.2, 0) is 25.5 Å². The summed E-state index contributed by atoms with van der Waals surface area (Å²) in [5.74, 6) is -5.08. The maximum absolute atomic E-state index is 12.2. The number of benzene rings is 1. The summed E-state index contributed by atoms with van der Waals surface area (Å²) in [7, 11) is 1.01. The predicted molar refractivity (Wildman–Crippen MR) is 77.3 cm³/mol. The van der Waals surface area contributed by atoms with E-state index in [-0.39, 0.29) is 16.5 Å². The van der Waals surface area contributed by atoms with E-state index in [0.717, 1.165) is 13.2 Å². The van der Waals surface area contributed by atoms with Gasteiger partial charge in [-0.25, -0.2) is 14.4 Å². The minimum Gasteiger partial charge on any atom is -0.504 e. The van der Waals surface area contributed by atoms with Crippen molar-refractivity contribution in [2.75, 3.05) is 7.11 Å². The van der Waals surface area contributed by atoms with Crippen molar-refractivity contribution in [3.63, 3.8) is 0 Å². The van der Waals surface area contributed by atoms with Crippen molar-refractivity contribution in [1.29, 1.82) is 0 Å². The van der Waals surface area contributed by atoms with Gasteiger partial charge < -0.3 is 29.2 Å². The van der Waals surface area contributed by atoms with Crippen LogP contribution in [0.5, 0.6) is 11.5 Å². The minimum atomic E-state index is -1.71. The monoisotopic (exact) mass is 350 g/mol. The number of carbonyl (C=O) groups excluding carboxylic acids is 2. The molecule has 3 rings (SSSR count). The maximum Gasteiger partial charge on any atom is 0.352 e. The molecule has 0 saturated carbocycles. The van der Waals surface area contributed by atoms with Gasteiger partial charge in [0.2, 0.25) is 11.9 Å². The molecule has 1 atom stereocenters. The molecule has 0 aliphatic carbocycles. The largest absolute Gasteiger partial charge is 0.504 e. The van der Waals surface area contributed by atoms with E-state index in [0.29, 0.717) is 0 Å². The van der Waals surface area contributed by atoms with Crippen molar-refractivity contribution < 1.29 is 43.6 Å². The number of hydrogen-bond acceptors (Lipinski definition) is 9. The lowest BCUT2D eigenvalue weighted by Gasteiger charge is -2.25. The molecule has 25 heavy (non-hydrogen) atoms. The number of aromatic hydroxyl groups is 2. The summed E-state index contributed by atoms with van der Waals surface area (Å²) >= 11 is 0. The molecule has 130 valence electrons. The fourth-order valence-corrected chi connectivity index (χ4v) is 2.69. The standard InChI is InChI=1S/C15H10O10/c1-23-15(22)12-9-5(3-7(17)18)14(21)24-11-8(9)4(13(20)25-12)2-6(16)10(11)19/h2,12,16,19H,3H2,1H3,(H,17,18)/t12-/m0/s1. The van der Waals surface area contributed by atoms with Gasteiger partial charge in [0.15, 0.2) is 11.3 Å². The van der Waals surface area contributed by atoms with Gasteiger partial charge in [-0.2, -0.15) is 0 Å². The first kappa shape index (κ1) is 16.3. The highest BCUT2D eigenvalue weighted by Crippen LogP contribution is 2.43. The number of methoxy groups -OCH3 is 1. The molecule has 0 bridgehead atoms. The van der Waals surface area contributed by atoms with Gasteiger partial charge in [-0.05, 0) is 6.07 Å². The van der Waals surface area contributed by atoms with Crippen molar-refractivity contribution in [2.24, 2.45) is 0 Å². The average molecular weight is 350 g/mol. The molecule has 2 heterocycles. The number of ether oxygens (including phenoxy) is 2. The Morgan fingerprint density at radius 2 is 1.96 bits per heavy atom. The number of carboxylic acids is 1. The summed E-state index contributed by atoms with van der Waals surface area (Å²) in [6.07, 6.45) is -2.53. The zero-order valence-electron chi connectivity index (χ0n) is 12.6. The lowest BCUT2D eigenvalue weighted by molar-refractivity contribution is -0.151. The second-order valence-electron chi connectivity index (χ2n) is 5.16. The highest BCUT2D eigenvalue weighted by molar-refractivity contribution is 6.11. The smallest absolute Gasteiger partial charge is 0.352 e. The number of aliphatic carboxylic acids is 1. The molecule has 0 amide bonds. The van der Waals surface area contributed by atoms with Gasteiger partial charge in [0.05, 0.1) is 24.7 Å². The molecule has 1 aromatic heterocycles. The van der Waals surface area contributed by atoms with Crippen LogP contribution >= 0.6 is 0 Å². The van der Waals surface area contributed by atoms with Crippen molar-refractivity contribution in [2.45, 2.75) is 12.5 Å². The second-order valence-corrected chi connectivity index (χ2v) is 5.16. The SMILES string of the molecule is COC(=O)[C@H]1OC(=O)c2cc(O)c(O)c3oc(=O)c(CC(=O)O)c1c23. The molecular formula is C15H10O10. The molecule has 1 aromatic carbocycles. The van der Waals surface area contributed by atoms with E-state index in [1.54, 1.807) is 0 Å². The summed E-state index contributed by atoms with van der Waals surface area (Å²) in [6, 6.07) is 0.863. The fraction of sp³-hybridized carbons (Fsp3) is 0.200. The Labute approximate surface area is 137 Å². The molecule has 10 nitrogen and oxygen atoms in total.